The van der Waals surface area contributed by atoms with Crippen LogP contribution in [0.4, 0.5) is 0 Å². The number of hydrogen-bond acceptors (Lipinski definition) is 2. The summed E-state index contributed by atoms with van der Waals surface area (Å²) in [4.78, 5) is 12.1. The van der Waals surface area contributed by atoms with Gasteiger partial charge in [0.25, 0.3) is 5.91 Å². The summed E-state index contributed by atoms with van der Waals surface area (Å²) in [5.74, 6) is -0.0825. The Morgan fingerprint density at radius 2 is 1.88 bits per heavy atom. The summed E-state index contributed by atoms with van der Waals surface area (Å²) in [6.07, 6.45) is 3.91. The highest BCUT2D eigenvalue weighted by atomic mass is 16.3. The molecule has 1 saturated carbocycles. The fourth-order valence-corrected chi connectivity index (χ4v) is 2.39. The minimum Gasteiger partial charge on any atom is -0.394 e. The molecule has 2 rings (SSSR count). The number of hydrogen-bond donors (Lipinski definition) is 2. The van der Waals surface area contributed by atoms with E-state index in [1.165, 1.54) is 0 Å². The van der Waals surface area contributed by atoms with Crippen LogP contribution in [0.1, 0.15) is 41.6 Å². The quantitative estimate of drug-likeness (QED) is 0.839. The Balaban J connectivity index is 2.08. The van der Waals surface area contributed by atoms with E-state index in [4.69, 9.17) is 0 Å². The lowest BCUT2D eigenvalue weighted by Crippen LogP contribution is -2.49. The van der Waals surface area contributed by atoms with E-state index >= 15 is 0 Å². The first kappa shape index (κ1) is 12.1. The minimum absolute atomic E-state index is 0.0323. The molecule has 0 aliphatic heterocycles. The van der Waals surface area contributed by atoms with Gasteiger partial charge in [-0.3, -0.25) is 4.79 Å². The van der Waals surface area contributed by atoms with Crippen LogP contribution in [0.5, 0.6) is 0 Å². The maximum absolute atomic E-state index is 12.1. The van der Waals surface area contributed by atoms with Crippen LogP contribution in [0.3, 0.4) is 0 Å². The van der Waals surface area contributed by atoms with Crippen LogP contribution in [-0.4, -0.2) is 23.2 Å². The van der Waals surface area contributed by atoms with Crippen molar-refractivity contribution in [2.75, 3.05) is 6.61 Å². The fraction of sp³-hybridized carbons (Fsp3) is 0.500. The first-order chi connectivity index (χ1) is 8.15. The van der Waals surface area contributed by atoms with Crippen molar-refractivity contribution in [3.8, 4) is 0 Å². The third-order valence-electron chi connectivity index (χ3n) is 3.56. The van der Waals surface area contributed by atoms with E-state index in [9.17, 15) is 9.90 Å². The molecule has 0 radical (unpaired) electrons. The van der Waals surface area contributed by atoms with Gasteiger partial charge in [0.2, 0.25) is 0 Å². The van der Waals surface area contributed by atoms with Crippen molar-refractivity contribution in [1.29, 1.82) is 0 Å². The highest BCUT2D eigenvalue weighted by Crippen LogP contribution is 2.29. The van der Waals surface area contributed by atoms with Crippen molar-refractivity contribution in [1.82, 2.24) is 5.32 Å². The zero-order valence-electron chi connectivity index (χ0n) is 10.2. The largest absolute Gasteiger partial charge is 0.394 e. The number of amides is 1. The van der Waals surface area contributed by atoms with Crippen LogP contribution in [0, 0.1) is 6.92 Å². The Bertz CT molecular complexity index is 391. The second-order valence-corrected chi connectivity index (χ2v) is 4.97. The lowest BCUT2D eigenvalue weighted by Gasteiger charge is -2.28. The summed E-state index contributed by atoms with van der Waals surface area (Å²) in [6, 6.07) is 7.50. The van der Waals surface area contributed by atoms with Gasteiger partial charge in [-0.25, -0.2) is 0 Å². The molecule has 92 valence electrons. The van der Waals surface area contributed by atoms with Gasteiger partial charge in [-0.05, 0) is 31.9 Å². The predicted octanol–water partition coefficient (Wildman–Crippen LogP) is 2.03. The fourth-order valence-electron chi connectivity index (χ4n) is 2.39. The van der Waals surface area contributed by atoms with Gasteiger partial charge < -0.3 is 10.4 Å². The highest BCUT2D eigenvalue weighted by molar-refractivity contribution is 5.94. The summed E-state index contributed by atoms with van der Waals surface area (Å²) < 4.78 is 0. The third-order valence-corrected chi connectivity index (χ3v) is 3.56. The van der Waals surface area contributed by atoms with Gasteiger partial charge in [0.05, 0.1) is 12.1 Å². The first-order valence-corrected chi connectivity index (χ1v) is 6.15. The third kappa shape index (κ3) is 2.67. The molecule has 17 heavy (non-hydrogen) atoms. The number of aliphatic hydroxyl groups is 1. The molecule has 2 N–H and O–H groups in total. The molecule has 0 aromatic heterocycles. The first-order valence-electron chi connectivity index (χ1n) is 6.15. The molecule has 3 nitrogen and oxygen atoms in total. The normalized spacial score (nSPS) is 18.0. The molecule has 0 heterocycles. The molecule has 3 heteroatoms. The number of carbonyl (C=O) groups is 1. The van der Waals surface area contributed by atoms with Crippen LogP contribution in [0.25, 0.3) is 0 Å². The SMILES string of the molecule is Cc1ccc(C(=O)NC2(CO)CCCC2)cc1. The van der Waals surface area contributed by atoms with E-state index in [1.807, 2.05) is 31.2 Å². The average molecular weight is 233 g/mol. The molecule has 0 unspecified atom stereocenters. The Labute approximate surface area is 102 Å². The minimum atomic E-state index is -0.387. The Kier molecular flexibility index (Phi) is 3.48. The van der Waals surface area contributed by atoms with Crippen molar-refractivity contribution < 1.29 is 9.90 Å². The Hall–Kier alpha value is -1.35. The second kappa shape index (κ2) is 4.88. The number of aliphatic hydroxyl groups excluding tert-OH is 1. The number of rotatable bonds is 3. The lowest BCUT2D eigenvalue weighted by molar-refractivity contribution is 0.0838. The predicted molar refractivity (Wildman–Crippen MR) is 66.9 cm³/mol. The van der Waals surface area contributed by atoms with E-state index < -0.39 is 0 Å². The van der Waals surface area contributed by atoms with Gasteiger partial charge in [0.15, 0.2) is 0 Å². The molecule has 1 fully saturated rings. The van der Waals surface area contributed by atoms with Crippen LogP contribution in [-0.2, 0) is 0 Å². The van der Waals surface area contributed by atoms with Gasteiger partial charge in [-0.2, -0.15) is 0 Å². The Morgan fingerprint density at radius 3 is 2.41 bits per heavy atom. The van der Waals surface area contributed by atoms with E-state index in [0.717, 1.165) is 31.2 Å². The molecule has 1 amide bonds. The van der Waals surface area contributed by atoms with Crippen molar-refractivity contribution in [3.63, 3.8) is 0 Å². The molecule has 0 atom stereocenters. The second-order valence-electron chi connectivity index (χ2n) is 4.97. The summed E-state index contributed by atoms with van der Waals surface area (Å²) in [6.45, 7) is 2.03. The molecule has 0 spiro atoms. The topological polar surface area (TPSA) is 49.3 Å². The molecule has 1 aromatic rings. The van der Waals surface area contributed by atoms with Gasteiger partial charge in [-0.1, -0.05) is 30.5 Å². The molecular formula is C14H19NO2. The number of carbonyl (C=O) groups excluding carboxylic acids is 1. The van der Waals surface area contributed by atoms with E-state index in [0.29, 0.717) is 5.56 Å². The lowest BCUT2D eigenvalue weighted by atomic mass is 9.98. The molecule has 1 aromatic carbocycles. The van der Waals surface area contributed by atoms with E-state index in [1.54, 1.807) is 0 Å². The standard InChI is InChI=1S/C14H19NO2/c1-11-4-6-12(7-5-11)13(17)15-14(10-16)8-2-3-9-14/h4-7,16H,2-3,8-10H2,1H3,(H,15,17). The highest BCUT2D eigenvalue weighted by Gasteiger charge is 2.34. The summed E-state index contributed by atoms with van der Waals surface area (Å²) in [5, 5.41) is 12.4. The molecule has 0 bridgehead atoms. The molecule has 1 aliphatic rings. The molecule has 0 saturated heterocycles. The van der Waals surface area contributed by atoms with Crippen molar-refractivity contribution in [3.05, 3.63) is 35.4 Å². The summed E-state index contributed by atoms with van der Waals surface area (Å²) >= 11 is 0. The van der Waals surface area contributed by atoms with E-state index in [-0.39, 0.29) is 18.1 Å². The zero-order valence-corrected chi connectivity index (χ0v) is 10.2. The number of benzene rings is 1. The summed E-state index contributed by atoms with van der Waals surface area (Å²) in [5.41, 5.74) is 1.41. The summed E-state index contributed by atoms with van der Waals surface area (Å²) in [7, 11) is 0. The van der Waals surface area contributed by atoms with Crippen LogP contribution in [0.2, 0.25) is 0 Å². The maximum atomic E-state index is 12.1. The van der Waals surface area contributed by atoms with Gasteiger partial charge >= 0.3 is 0 Å². The van der Waals surface area contributed by atoms with Crippen LogP contribution >= 0.6 is 0 Å². The Morgan fingerprint density at radius 1 is 1.29 bits per heavy atom. The van der Waals surface area contributed by atoms with Gasteiger partial charge in [0, 0.05) is 5.56 Å². The smallest absolute Gasteiger partial charge is 0.251 e. The molecular weight excluding hydrogens is 214 g/mol. The van der Waals surface area contributed by atoms with Crippen molar-refractivity contribution in [2.24, 2.45) is 0 Å². The van der Waals surface area contributed by atoms with Crippen LogP contribution < -0.4 is 5.32 Å². The molecule has 1 aliphatic carbocycles. The van der Waals surface area contributed by atoms with Gasteiger partial charge in [-0.15, -0.1) is 0 Å². The van der Waals surface area contributed by atoms with Crippen molar-refractivity contribution in [2.45, 2.75) is 38.1 Å². The van der Waals surface area contributed by atoms with Gasteiger partial charge in [0.1, 0.15) is 0 Å². The maximum Gasteiger partial charge on any atom is 0.251 e. The number of aryl methyl sites for hydroxylation is 1. The monoisotopic (exact) mass is 233 g/mol. The number of nitrogens with one attached hydrogen (secondary N) is 1. The zero-order chi connectivity index (χ0) is 12.3. The van der Waals surface area contributed by atoms with Crippen molar-refractivity contribution >= 4 is 5.91 Å². The van der Waals surface area contributed by atoms with E-state index in [2.05, 4.69) is 5.32 Å². The van der Waals surface area contributed by atoms with Crippen LogP contribution in [0.15, 0.2) is 24.3 Å². The average Bonchev–Trinajstić information content (AvgIpc) is 2.79.